The fraction of sp³-hybridized carbons (Fsp3) is 0. The second-order valence-corrected chi connectivity index (χ2v) is 5.27. The molecule has 0 saturated carbocycles. The number of thiazole rings is 1. The second kappa shape index (κ2) is 5.08. The van der Waals surface area contributed by atoms with Gasteiger partial charge in [-0.3, -0.25) is 10.1 Å². The van der Waals surface area contributed by atoms with Gasteiger partial charge in [-0.25, -0.2) is 4.98 Å². The summed E-state index contributed by atoms with van der Waals surface area (Å²) in [6, 6.07) is 8.68. The van der Waals surface area contributed by atoms with E-state index < -0.39 is 0 Å². The van der Waals surface area contributed by atoms with Crippen LogP contribution in [0.1, 0.15) is 10.4 Å². The van der Waals surface area contributed by atoms with Crippen molar-refractivity contribution in [2.24, 2.45) is 0 Å². The Bertz CT molecular complexity index is 942. The molecule has 0 unspecified atom stereocenters. The van der Waals surface area contributed by atoms with Gasteiger partial charge in [0.15, 0.2) is 5.76 Å². The van der Waals surface area contributed by atoms with Crippen molar-refractivity contribution >= 4 is 33.5 Å². The van der Waals surface area contributed by atoms with Crippen LogP contribution in [-0.4, -0.2) is 21.1 Å². The summed E-state index contributed by atoms with van der Waals surface area (Å²) in [6.07, 6.45) is 1.50. The fourth-order valence-corrected chi connectivity index (χ4v) is 2.66. The highest BCUT2D eigenvalue weighted by Gasteiger charge is 2.14. The summed E-state index contributed by atoms with van der Waals surface area (Å²) in [5, 5.41) is 10.1. The lowest BCUT2D eigenvalue weighted by molar-refractivity contribution is 0.102. The second-order valence-electron chi connectivity index (χ2n) is 4.38. The molecule has 8 heteroatoms. The molecule has 1 aromatic carbocycles. The third-order valence-corrected chi connectivity index (χ3v) is 3.76. The van der Waals surface area contributed by atoms with Gasteiger partial charge in [0.05, 0.1) is 22.0 Å². The van der Waals surface area contributed by atoms with E-state index in [-0.39, 0.29) is 17.8 Å². The van der Waals surface area contributed by atoms with Gasteiger partial charge in [0.1, 0.15) is 0 Å². The maximum Gasteiger partial charge on any atom is 0.322 e. The first-order valence-electron chi connectivity index (χ1n) is 6.31. The topological polar surface area (TPSA) is 94.1 Å². The molecule has 0 atom stereocenters. The molecule has 0 aliphatic carbocycles. The molecule has 1 amide bonds. The fourth-order valence-electron chi connectivity index (χ4n) is 1.94. The Morgan fingerprint density at radius 1 is 1.23 bits per heavy atom. The van der Waals surface area contributed by atoms with Crippen LogP contribution in [-0.2, 0) is 0 Å². The molecule has 0 fully saturated rings. The average molecular weight is 312 g/mol. The van der Waals surface area contributed by atoms with Gasteiger partial charge in [-0.15, -0.1) is 16.4 Å². The Morgan fingerprint density at radius 3 is 3.05 bits per heavy atom. The number of rotatable bonds is 3. The molecule has 4 aromatic rings. The van der Waals surface area contributed by atoms with E-state index in [1.54, 1.807) is 35.8 Å². The van der Waals surface area contributed by atoms with Crippen LogP contribution in [0, 0.1) is 0 Å². The van der Waals surface area contributed by atoms with E-state index in [1.165, 1.54) is 17.6 Å². The highest BCUT2D eigenvalue weighted by atomic mass is 32.1. The SMILES string of the molecule is O=C(Nc1nnc(-c2ccco2)o1)c1ccc2ncsc2c1. The lowest BCUT2D eigenvalue weighted by Gasteiger charge is -2.00. The molecule has 0 bridgehead atoms. The number of nitrogens with zero attached hydrogens (tertiary/aromatic N) is 3. The number of amides is 1. The van der Waals surface area contributed by atoms with Crippen molar-refractivity contribution in [2.45, 2.75) is 0 Å². The first-order valence-corrected chi connectivity index (χ1v) is 7.19. The standard InChI is InChI=1S/C14H8N4O3S/c19-12(8-3-4-9-11(6-8)22-7-15-9)16-14-18-17-13(21-14)10-2-1-5-20-10/h1-7H,(H,16,18,19). The van der Waals surface area contributed by atoms with Crippen LogP contribution in [0.15, 0.2) is 50.9 Å². The quantitative estimate of drug-likeness (QED) is 0.624. The van der Waals surface area contributed by atoms with E-state index in [2.05, 4.69) is 20.5 Å². The number of benzene rings is 1. The van der Waals surface area contributed by atoms with E-state index >= 15 is 0 Å². The molecule has 3 heterocycles. The van der Waals surface area contributed by atoms with Crippen molar-refractivity contribution in [3.05, 3.63) is 47.7 Å². The van der Waals surface area contributed by atoms with Gasteiger partial charge in [0.25, 0.3) is 11.8 Å². The molecule has 0 saturated heterocycles. The number of fused-ring (bicyclic) bond motifs is 1. The van der Waals surface area contributed by atoms with E-state index in [0.717, 1.165) is 10.2 Å². The van der Waals surface area contributed by atoms with Crippen LogP contribution in [0.2, 0.25) is 0 Å². The summed E-state index contributed by atoms with van der Waals surface area (Å²) >= 11 is 1.47. The van der Waals surface area contributed by atoms with E-state index in [9.17, 15) is 4.79 Å². The minimum Gasteiger partial charge on any atom is -0.459 e. The van der Waals surface area contributed by atoms with Gasteiger partial charge < -0.3 is 8.83 Å². The predicted octanol–water partition coefficient (Wildman–Crippen LogP) is 3.19. The van der Waals surface area contributed by atoms with Crippen LogP contribution < -0.4 is 5.32 Å². The number of nitrogens with one attached hydrogen (secondary N) is 1. The number of anilines is 1. The van der Waals surface area contributed by atoms with Crippen molar-refractivity contribution in [1.29, 1.82) is 0 Å². The molecule has 108 valence electrons. The molecule has 3 aromatic heterocycles. The Kier molecular flexibility index (Phi) is 2.94. The van der Waals surface area contributed by atoms with Crippen LogP contribution in [0.25, 0.3) is 21.9 Å². The van der Waals surface area contributed by atoms with Gasteiger partial charge in [-0.1, -0.05) is 5.10 Å². The average Bonchev–Trinajstić information content (AvgIpc) is 3.27. The monoisotopic (exact) mass is 312 g/mol. The summed E-state index contributed by atoms with van der Waals surface area (Å²) in [5.74, 6) is 0.322. The largest absolute Gasteiger partial charge is 0.459 e. The zero-order chi connectivity index (χ0) is 14.9. The van der Waals surface area contributed by atoms with Gasteiger partial charge >= 0.3 is 6.01 Å². The van der Waals surface area contributed by atoms with Crippen molar-refractivity contribution in [2.75, 3.05) is 5.32 Å². The molecule has 7 nitrogen and oxygen atoms in total. The molecule has 0 spiro atoms. The van der Waals surface area contributed by atoms with E-state index in [4.69, 9.17) is 8.83 Å². The van der Waals surface area contributed by atoms with Crippen LogP contribution >= 0.6 is 11.3 Å². The predicted molar refractivity (Wildman–Crippen MR) is 79.6 cm³/mol. The Morgan fingerprint density at radius 2 is 2.18 bits per heavy atom. The van der Waals surface area contributed by atoms with Crippen LogP contribution in [0.3, 0.4) is 0 Å². The maximum absolute atomic E-state index is 12.2. The lowest BCUT2D eigenvalue weighted by atomic mass is 10.2. The molecular formula is C14H8N4O3S. The molecule has 1 N–H and O–H groups in total. The summed E-state index contributed by atoms with van der Waals surface area (Å²) in [4.78, 5) is 16.4. The number of hydrogen-bond donors (Lipinski definition) is 1. The number of furan rings is 1. The zero-order valence-electron chi connectivity index (χ0n) is 11.0. The summed E-state index contributed by atoms with van der Waals surface area (Å²) in [6.45, 7) is 0. The van der Waals surface area contributed by atoms with Gasteiger partial charge in [0.2, 0.25) is 0 Å². The van der Waals surface area contributed by atoms with Crippen molar-refractivity contribution in [3.63, 3.8) is 0 Å². The Balaban J connectivity index is 1.56. The van der Waals surface area contributed by atoms with Crippen LogP contribution in [0.5, 0.6) is 0 Å². The van der Waals surface area contributed by atoms with E-state index in [1.807, 2.05) is 0 Å². The van der Waals surface area contributed by atoms with Gasteiger partial charge in [0, 0.05) is 5.56 Å². The highest BCUT2D eigenvalue weighted by molar-refractivity contribution is 7.16. The van der Waals surface area contributed by atoms with Crippen LogP contribution in [0.4, 0.5) is 6.01 Å². The third-order valence-electron chi connectivity index (χ3n) is 2.97. The maximum atomic E-state index is 12.2. The molecule has 22 heavy (non-hydrogen) atoms. The van der Waals surface area contributed by atoms with E-state index in [0.29, 0.717) is 11.3 Å². The molecular weight excluding hydrogens is 304 g/mol. The summed E-state index contributed by atoms with van der Waals surface area (Å²) < 4.78 is 11.4. The normalized spacial score (nSPS) is 10.9. The smallest absolute Gasteiger partial charge is 0.322 e. The molecule has 4 rings (SSSR count). The van der Waals surface area contributed by atoms with Gasteiger partial charge in [-0.05, 0) is 30.3 Å². The number of carbonyl (C=O) groups excluding carboxylic acids is 1. The first-order chi connectivity index (χ1) is 10.8. The molecule has 0 aliphatic heterocycles. The highest BCUT2D eigenvalue weighted by Crippen LogP contribution is 2.22. The zero-order valence-corrected chi connectivity index (χ0v) is 11.8. The van der Waals surface area contributed by atoms with Crippen molar-refractivity contribution in [1.82, 2.24) is 15.2 Å². The first kappa shape index (κ1) is 12.7. The minimum absolute atomic E-state index is 0.0146. The summed E-state index contributed by atoms with van der Waals surface area (Å²) in [5.41, 5.74) is 3.09. The number of hydrogen-bond acceptors (Lipinski definition) is 7. The van der Waals surface area contributed by atoms with Crippen molar-refractivity contribution in [3.8, 4) is 11.7 Å². The summed E-state index contributed by atoms with van der Waals surface area (Å²) in [7, 11) is 0. The van der Waals surface area contributed by atoms with Gasteiger partial charge in [-0.2, -0.15) is 0 Å². The minimum atomic E-state index is -0.329. The Hall–Kier alpha value is -3.00. The molecule has 0 radical (unpaired) electrons. The Labute approximate surface area is 127 Å². The number of aromatic nitrogens is 3. The number of carbonyl (C=O) groups is 1. The lowest BCUT2D eigenvalue weighted by Crippen LogP contribution is -2.11. The third kappa shape index (κ3) is 2.25. The van der Waals surface area contributed by atoms with Crippen molar-refractivity contribution < 1.29 is 13.6 Å². The molecule has 0 aliphatic rings.